The Kier molecular flexibility index (Phi) is 7.67. The minimum absolute atomic E-state index is 0.0858. The molecule has 0 spiro atoms. The lowest BCUT2D eigenvalue weighted by Gasteiger charge is -2.45. The van der Waals surface area contributed by atoms with Gasteiger partial charge in [-0.15, -0.1) is 0 Å². The van der Waals surface area contributed by atoms with E-state index in [-0.39, 0.29) is 15.8 Å². The average molecular weight is 398 g/mol. The zero-order chi connectivity index (χ0) is 20.6. The third-order valence-corrected chi connectivity index (χ3v) is 12.9. The molecule has 0 saturated heterocycles. The molecule has 1 N–H and O–H groups in total. The van der Waals surface area contributed by atoms with Crippen LogP contribution in [-0.2, 0) is 0 Å². The summed E-state index contributed by atoms with van der Waals surface area (Å²) in [5.74, 6) is 0. The van der Waals surface area contributed by atoms with Gasteiger partial charge >= 0.3 is 0 Å². The molecule has 0 saturated carbocycles. The molecule has 0 fully saturated rings. The van der Waals surface area contributed by atoms with Crippen molar-refractivity contribution in [3.8, 4) is 0 Å². The summed E-state index contributed by atoms with van der Waals surface area (Å²) in [6, 6.07) is 0.483. The Hall–Kier alpha value is 0.140. The molecule has 1 rings (SSSR count). The lowest BCUT2D eigenvalue weighted by molar-refractivity contribution is 0.664. The topological polar surface area (TPSA) is 12.0 Å². The van der Waals surface area contributed by atoms with Crippen LogP contribution in [0, 0.1) is 0 Å². The third kappa shape index (κ3) is 7.28. The van der Waals surface area contributed by atoms with Crippen molar-refractivity contribution in [3.05, 3.63) is 23.9 Å². The number of allylic oxidation sites excluding steroid dienone is 3. The van der Waals surface area contributed by atoms with E-state index < -0.39 is 0 Å². The van der Waals surface area contributed by atoms with Gasteiger partial charge < -0.3 is 5.32 Å². The van der Waals surface area contributed by atoms with E-state index in [2.05, 4.69) is 107 Å². The Labute approximate surface area is 167 Å². The summed E-state index contributed by atoms with van der Waals surface area (Å²) in [6.45, 7) is 29.0. The first-order valence-electron chi connectivity index (χ1n) is 10.1. The van der Waals surface area contributed by atoms with E-state index in [9.17, 15) is 0 Å². The van der Waals surface area contributed by atoms with Crippen molar-refractivity contribution in [3.63, 3.8) is 0 Å². The van der Waals surface area contributed by atoms with Crippen LogP contribution >= 0.6 is 15.8 Å². The highest BCUT2D eigenvalue weighted by Crippen LogP contribution is 2.61. The van der Waals surface area contributed by atoms with E-state index >= 15 is 0 Å². The van der Waals surface area contributed by atoms with Gasteiger partial charge in [-0.1, -0.05) is 111 Å². The van der Waals surface area contributed by atoms with Crippen LogP contribution in [0.3, 0.4) is 0 Å². The summed E-state index contributed by atoms with van der Waals surface area (Å²) in [4.78, 5) is 0. The fourth-order valence-corrected chi connectivity index (χ4v) is 11.5. The number of rotatable bonds is 4. The smallest absolute Gasteiger partial charge is 0.0484 e. The molecule has 1 nitrogen and oxygen atoms in total. The van der Waals surface area contributed by atoms with Crippen LogP contribution in [0.2, 0.25) is 0 Å². The quantitative estimate of drug-likeness (QED) is 0.483. The number of nitrogens with one attached hydrogen (secondary N) is 1. The van der Waals surface area contributed by atoms with Gasteiger partial charge in [0.05, 0.1) is 0 Å². The van der Waals surface area contributed by atoms with Gasteiger partial charge in [0, 0.05) is 17.9 Å². The summed E-state index contributed by atoms with van der Waals surface area (Å²) < 4.78 is 0. The first-order valence-corrected chi connectivity index (χ1v) is 13.2. The van der Waals surface area contributed by atoms with Gasteiger partial charge in [0.1, 0.15) is 0 Å². The van der Waals surface area contributed by atoms with E-state index in [1.807, 2.05) is 0 Å². The maximum Gasteiger partial charge on any atom is 0.0484 e. The summed E-state index contributed by atoms with van der Waals surface area (Å²) in [5.41, 5.74) is 1.45. The SMILES string of the molecule is CC(C)(C)P(CC1=CC=CC(CP(C(C)(C)C)C(C)(C)C)N1)C(C)(C)C. The molecule has 1 aliphatic heterocycles. The predicted octanol–water partition coefficient (Wildman–Crippen LogP) is 7.56. The largest absolute Gasteiger partial charge is 0.381 e. The van der Waals surface area contributed by atoms with Crippen molar-refractivity contribution in [1.82, 2.24) is 5.32 Å². The second kappa shape index (κ2) is 8.25. The molecular weight excluding hydrogens is 352 g/mol. The molecule has 0 bridgehead atoms. The Balaban J connectivity index is 2.90. The normalized spacial score (nSPS) is 19.8. The molecule has 1 aliphatic rings. The van der Waals surface area contributed by atoms with E-state index in [1.54, 1.807) is 0 Å². The van der Waals surface area contributed by atoms with E-state index in [0.717, 1.165) is 0 Å². The van der Waals surface area contributed by atoms with Crippen molar-refractivity contribution in [2.24, 2.45) is 0 Å². The molecule has 0 amide bonds. The Bertz CT molecular complexity index is 490. The fourth-order valence-electron chi connectivity index (χ4n) is 4.25. The summed E-state index contributed by atoms with van der Waals surface area (Å²) >= 11 is 0. The standard InChI is InChI=1S/C23H45NP2/c1-20(2,3)25(21(4,5)6)16-18-14-13-15-19(24-18)17-26(22(7,8)9)23(10,11)12/h13-15,18,24H,16-17H2,1-12H3. The maximum atomic E-state index is 3.91. The van der Waals surface area contributed by atoms with Crippen LogP contribution in [0.5, 0.6) is 0 Å². The summed E-state index contributed by atoms with van der Waals surface area (Å²) in [5, 5.41) is 5.42. The van der Waals surface area contributed by atoms with Crippen molar-refractivity contribution in [2.45, 2.75) is 110 Å². The van der Waals surface area contributed by atoms with E-state index in [4.69, 9.17) is 0 Å². The molecule has 152 valence electrons. The zero-order valence-corrected chi connectivity index (χ0v) is 21.4. The second-order valence-corrected chi connectivity index (χ2v) is 19.5. The van der Waals surface area contributed by atoms with Gasteiger partial charge in [0.15, 0.2) is 0 Å². The highest BCUT2D eigenvalue weighted by atomic mass is 31.1. The fraction of sp³-hybridized carbons (Fsp3) is 0.826. The van der Waals surface area contributed by atoms with Crippen LogP contribution in [0.15, 0.2) is 23.9 Å². The minimum Gasteiger partial charge on any atom is -0.381 e. The molecule has 1 unspecified atom stereocenters. The summed E-state index contributed by atoms with van der Waals surface area (Å²) in [6.07, 6.45) is 9.46. The molecule has 1 atom stereocenters. The number of hydrogen-bond donors (Lipinski definition) is 1. The molecule has 3 heteroatoms. The molecular formula is C23H45NP2. The first kappa shape index (κ1) is 24.2. The van der Waals surface area contributed by atoms with Crippen molar-refractivity contribution >= 4 is 15.8 Å². The molecule has 0 aliphatic carbocycles. The van der Waals surface area contributed by atoms with Crippen LogP contribution in [-0.4, -0.2) is 39.0 Å². The van der Waals surface area contributed by atoms with Gasteiger partial charge in [-0.3, -0.25) is 0 Å². The zero-order valence-electron chi connectivity index (χ0n) is 19.6. The summed E-state index contributed by atoms with van der Waals surface area (Å²) in [7, 11) is -0.195. The molecule has 26 heavy (non-hydrogen) atoms. The van der Waals surface area contributed by atoms with Gasteiger partial charge in [-0.05, 0) is 32.9 Å². The van der Waals surface area contributed by atoms with Crippen LogP contribution in [0.4, 0.5) is 0 Å². The maximum absolute atomic E-state index is 3.91. The first-order chi connectivity index (χ1) is 11.4. The number of dihydropyridines is 1. The highest BCUT2D eigenvalue weighted by Gasteiger charge is 2.37. The minimum atomic E-state index is -0.110. The second-order valence-electron chi connectivity index (χ2n) is 11.7. The van der Waals surface area contributed by atoms with Crippen LogP contribution in [0.25, 0.3) is 0 Å². The van der Waals surface area contributed by atoms with Crippen molar-refractivity contribution in [1.29, 1.82) is 0 Å². The monoisotopic (exact) mass is 397 g/mol. The van der Waals surface area contributed by atoms with Gasteiger partial charge in [0.25, 0.3) is 0 Å². The van der Waals surface area contributed by atoms with E-state index in [1.165, 1.54) is 18.0 Å². The lowest BCUT2D eigenvalue weighted by Crippen LogP contribution is -2.38. The Morgan fingerprint density at radius 1 is 0.731 bits per heavy atom. The predicted molar refractivity (Wildman–Crippen MR) is 127 cm³/mol. The van der Waals surface area contributed by atoms with Gasteiger partial charge in [-0.2, -0.15) is 0 Å². The van der Waals surface area contributed by atoms with Crippen LogP contribution < -0.4 is 5.32 Å². The van der Waals surface area contributed by atoms with Gasteiger partial charge in [0.2, 0.25) is 0 Å². The van der Waals surface area contributed by atoms with Crippen molar-refractivity contribution < 1.29 is 0 Å². The molecule has 0 aromatic carbocycles. The Morgan fingerprint density at radius 2 is 1.15 bits per heavy atom. The Morgan fingerprint density at radius 3 is 1.54 bits per heavy atom. The molecule has 0 aromatic heterocycles. The lowest BCUT2D eigenvalue weighted by atomic mass is 10.2. The highest BCUT2D eigenvalue weighted by molar-refractivity contribution is 7.61. The third-order valence-electron chi connectivity index (χ3n) is 4.96. The molecule has 0 radical (unpaired) electrons. The van der Waals surface area contributed by atoms with Crippen LogP contribution in [0.1, 0.15) is 83.1 Å². The average Bonchev–Trinajstić information content (AvgIpc) is 2.37. The van der Waals surface area contributed by atoms with Gasteiger partial charge in [-0.25, -0.2) is 0 Å². The molecule has 1 heterocycles. The van der Waals surface area contributed by atoms with E-state index in [0.29, 0.717) is 26.7 Å². The molecule has 0 aromatic rings. The van der Waals surface area contributed by atoms with Crippen molar-refractivity contribution in [2.75, 3.05) is 12.3 Å². The number of hydrogen-bond acceptors (Lipinski definition) is 1.